The zero-order chi connectivity index (χ0) is 16.3. The Morgan fingerprint density at radius 2 is 1.73 bits per heavy atom. The minimum atomic E-state index is -4.69. The van der Waals surface area contributed by atoms with Gasteiger partial charge in [0.05, 0.1) is 5.56 Å². The number of alkyl halides is 3. The highest BCUT2D eigenvalue weighted by Crippen LogP contribution is 2.32. The third-order valence-electron chi connectivity index (χ3n) is 3.44. The summed E-state index contributed by atoms with van der Waals surface area (Å²) in [5.74, 6) is -2.18. The molecule has 0 saturated heterocycles. The first-order chi connectivity index (χ1) is 10.3. The number of hydrogen-bond acceptors (Lipinski definition) is 1. The molecule has 1 unspecified atom stereocenters. The quantitative estimate of drug-likeness (QED) is 0.559. The van der Waals surface area contributed by atoms with E-state index in [0.29, 0.717) is 24.1 Å². The smallest absolute Gasteiger partial charge is 0.293 e. The van der Waals surface area contributed by atoms with Crippen LogP contribution in [-0.2, 0) is 6.18 Å². The largest absolute Gasteiger partial charge is 0.416 e. The summed E-state index contributed by atoms with van der Waals surface area (Å²) in [5.41, 5.74) is -0.713. The van der Waals surface area contributed by atoms with Crippen LogP contribution in [0.2, 0.25) is 0 Å². The lowest BCUT2D eigenvalue weighted by Crippen LogP contribution is -2.14. The lowest BCUT2D eigenvalue weighted by atomic mass is 9.88. The molecule has 2 rings (SSSR count). The molecule has 0 heterocycles. The van der Waals surface area contributed by atoms with E-state index in [4.69, 9.17) is 0 Å². The zero-order valence-electron chi connectivity index (χ0n) is 11.8. The van der Waals surface area contributed by atoms with Crippen molar-refractivity contribution in [1.82, 2.24) is 0 Å². The minimum absolute atomic E-state index is 0.261. The summed E-state index contributed by atoms with van der Waals surface area (Å²) in [4.78, 5) is 12.5. The highest BCUT2D eigenvalue weighted by atomic mass is 19.4. The van der Waals surface area contributed by atoms with Gasteiger partial charge in [0.1, 0.15) is 5.82 Å². The molecule has 0 radical (unpaired) electrons. The van der Waals surface area contributed by atoms with E-state index in [2.05, 4.69) is 0 Å². The van der Waals surface area contributed by atoms with Gasteiger partial charge in [-0.1, -0.05) is 37.3 Å². The Bertz CT molecular complexity index is 662. The number of rotatable bonds is 4. The van der Waals surface area contributed by atoms with Gasteiger partial charge in [0.2, 0.25) is 0 Å². The van der Waals surface area contributed by atoms with Gasteiger partial charge in [0.15, 0.2) is 5.78 Å². The van der Waals surface area contributed by atoms with Gasteiger partial charge < -0.3 is 0 Å². The van der Waals surface area contributed by atoms with Crippen molar-refractivity contribution in [3.63, 3.8) is 0 Å². The molecule has 0 amide bonds. The SMILES string of the molecule is CCC(C(=O)c1cc(F)cc(C(F)(F)F)c1)c1ccccc1. The van der Waals surface area contributed by atoms with Crippen molar-refractivity contribution in [3.05, 3.63) is 71.0 Å². The van der Waals surface area contributed by atoms with Gasteiger partial charge in [-0.15, -0.1) is 0 Å². The van der Waals surface area contributed by atoms with E-state index >= 15 is 0 Å². The molecule has 0 spiro atoms. The number of hydrogen-bond donors (Lipinski definition) is 0. The lowest BCUT2D eigenvalue weighted by molar-refractivity contribution is -0.137. The van der Waals surface area contributed by atoms with Crippen LogP contribution in [0.25, 0.3) is 0 Å². The normalized spacial score (nSPS) is 13.0. The average Bonchev–Trinajstić information content (AvgIpc) is 2.47. The van der Waals surface area contributed by atoms with Crippen molar-refractivity contribution in [2.45, 2.75) is 25.4 Å². The molecule has 5 heteroatoms. The first kappa shape index (κ1) is 16.2. The fraction of sp³-hybridized carbons (Fsp3) is 0.235. The van der Waals surface area contributed by atoms with Gasteiger partial charge in [-0.05, 0) is 30.2 Å². The molecular weight excluding hydrogens is 296 g/mol. The fourth-order valence-electron chi connectivity index (χ4n) is 2.35. The monoisotopic (exact) mass is 310 g/mol. The molecule has 2 aromatic rings. The summed E-state index contributed by atoms with van der Waals surface area (Å²) in [6.45, 7) is 1.76. The summed E-state index contributed by atoms with van der Waals surface area (Å²) in [6, 6.07) is 10.7. The van der Waals surface area contributed by atoms with Crippen LogP contribution < -0.4 is 0 Å². The Kier molecular flexibility index (Phi) is 4.64. The Hall–Kier alpha value is -2.17. The third-order valence-corrected chi connectivity index (χ3v) is 3.44. The molecular formula is C17H14F4O. The van der Waals surface area contributed by atoms with Gasteiger partial charge in [-0.25, -0.2) is 4.39 Å². The topological polar surface area (TPSA) is 17.1 Å². The summed E-state index contributed by atoms with van der Waals surface area (Å²) < 4.78 is 51.7. The second-order valence-corrected chi connectivity index (χ2v) is 4.96. The van der Waals surface area contributed by atoms with E-state index in [1.165, 1.54) is 0 Å². The Morgan fingerprint density at radius 3 is 2.27 bits per heavy atom. The molecule has 0 aromatic heterocycles. The number of Topliss-reactive ketones (excluding diaryl/α,β-unsaturated/α-hetero) is 1. The zero-order valence-corrected chi connectivity index (χ0v) is 11.8. The van der Waals surface area contributed by atoms with Crippen LogP contribution in [-0.4, -0.2) is 5.78 Å². The predicted octanol–water partition coefficient (Wildman–Crippen LogP) is 5.22. The Labute approximate surface area is 125 Å². The number of ketones is 1. The molecule has 0 aliphatic rings. The standard InChI is InChI=1S/C17H14F4O/c1-2-15(11-6-4-3-5-7-11)16(22)12-8-13(17(19,20)21)10-14(18)9-12/h3-10,15H,2H2,1H3. The van der Waals surface area contributed by atoms with Crippen LogP contribution in [0.3, 0.4) is 0 Å². The Morgan fingerprint density at radius 1 is 1.09 bits per heavy atom. The number of carbonyl (C=O) groups is 1. The number of carbonyl (C=O) groups excluding carboxylic acids is 1. The van der Waals surface area contributed by atoms with Gasteiger partial charge in [-0.3, -0.25) is 4.79 Å². The molecule has 2 aromatic carbocycles. The van der Waals surface area contributed by atoms with Crippen LogP contribution in [0.1, 0.15) is 40.7 Å². The van der Waals surface area contributed by atoms with Gasteiger partial charge >= 0.3 is 6.18 Å². The van der Waals surface area contributed by atoms with E-state index < -0.39 is 29.3 Å². The highest BCUT2D eigenvalue weighted by Gasteiger charge is 2.32. The molecule has 1 atom stereocenters. The molecule has 0 saturated carbocycles. The van der Waals surface area contributed by atoms with E-state index in [9.17, 15) is 22.4 Å². The number of benzene rings is 2. The van der Waals surface area contributed by atoms with E-state index in [1.54, 1.807) is 37.3 Å². The first-order valence-corrected chi connectivity index (χ1v) is 6.80. The maximum absolute atomic E-state index is 13.4. The van der Waals surface area contributed by atoms with Crippen LogP contribution in [0, 0.1) is 5.82 Å². The van der Waals surface area contributed by atoms with Crippen molar-refractivity contribution in [3.8, 4) is 0 Å². The maximum Gasteiger partial charge on any atom is 0.416 e. The molecule has 116 valence electrons. The summed E-state index contributed by atoms with van der Waals surface area (Å²) in [7, 11) is 0. The molecule has 0 aliphatic heterocycles. The van der Waals surface area contributed by atoms with Crippen LogP contribution in [0.5, 0.6) is 0 Å². The molecule has 22 heavy (non-hydrogen) atoms. The molecule has 0 N–H and O–H groups in total. The predicted molar refractivity (Wildman–Crippen MR) is 75.2 cm³/mol. The highest BCUT2D eigenvalue weighted by molar-refractivity contribution is 6.01. The van der Waals surface area contributed by atoms with Crippen molar-refractivity contribution in [1.29, 1.82) is 0 Å². The first-order valence-electron chi connectivity index (χ1n) is 6.80. The third kappa shape index (κ3) is 3.53. The maximum atomic E-state index is 13.4. The second-order valence-electron chi connectivity index (χ2n) is 4.96. The molecule has 0 fully saturated rings. The van der Waals surface area contributed by atoms with Crippen LogP contribution in [0.4, 0.5) is 17.6 Å². The van der Waals surface area contributed by atoms with Crippen molar-refractivity contribution < 1.29 is 22.4 Å². The fourth-order valence-corrected chi connectivity index (χ4v) is 2.35. The van der Waals surface area contributed by atoms with Gasteiger partial charge in [0.25, 0.3) is 0 Å². The molecule has 0 bridgehead atoms. The second kappa shape index (κ2) is 6.30. The average molecular weight is 310 g/mol. The van der Waals surface area contributed by atoms with Crippen molar-refractivity contribution in [2.24, 2.45) is 0 Å². The summed E-state index contributed by atoms with van der Waals surface area (Å²) >= 11 is 0. The van der Waals surface area contributed by atoms with E-state index in [-0.39, 0.29) is 5.56 Å². The van der Waals surface area contributed by atoms with Crippen LogP contribution >= 0.6 is 0 Å². The van der Waals surface area contributed by atoms with E-state index in [1.807, 2.05) is 0 Å². The lowest BCUT2D eigenvalue weighted by Gasteiger charge is -2.15. The van der Waals surface area contributed by atoms with Gasteiger partial charge in [-0.2, -0.15) is 13.2 Å². The van der Waals surface area contributed by atoms with Gasteiger partial charge in [0, 0.05) is 11.5 Å². The molecule has 0 aliphatic carbocycles. The Balaban J connectivity index is 2.42. The minimum Gasteiger partial charge on any atom is -0.293 e. The van der Waals surface area contributed by atoms with Crippen LogP contribution in [0.15, 0.2) is 48.5 Å². The van der Waals surface area contributed by atoms with E-state index in [0.717, 1.165) is 6.07 Å². The van der Waals surface area contributed by atoms with Crippen molar-refractivity contribution >= 4 is 5.78 Å². The number of halogens is 4. The van der Waals surface area contributed by atoms with Crippen molar-refractivity contribution in [2.75, 3.05) is 0 Å². The molecule has 1 nitrogen and oxygen atoms in total. The summed E-state index contributed by atoms with van der Waals surface area (Å²) in [6.07, 6.45) is -4.27. The summed E-state index contributed by atoms with van der Waals surface area (Å²) in [5, 5.41) is 0.